The summed E-state index contributed by atoms with van der Waals surface area (Å²) in [5.74, 6) is 2.50. The van der Waals surface area contributed by atoms with E-state index < -0.39 is 0 Å². The lowest BCUT2D eigenvalue weighted by Gasteiger charge is -2.30. The molecule has 2 unspecified atom stereocenters. The predicted molar refractivity (Wildman–Crippen MR) is 64.9 cm³/mol. The van der Waals surface area contributed by atoms with Crippen LogP contribution < -0.4 is 0 Å². The first-order valence-corrected chi connectivity index (χ1v) is 6.74. The van der Waals surface area contributed by atoms with Crippen molar-refractivity contribution < 1.29 is 4.74 Å². The minimum atomic E-state index is 0.644. The first-order chi connectivity index (χ1) is 6.61. The maximum Gasteiger partial charge on any atom is 0.0468 e. The maximum atomic E-state index is 5.39. The molecule has 0 aromatic heterocycles. The van der Waals surface area contributed by atoms with Crippen molar-refractivity contribution >= 4 is 15.9 Å². The van der Waals surface area contributed by atoms with Gasteiger partial charge in [0.1, 0.15) is 0 Å². The normalized spacial score (nSPS) is 23.8. The van der Waals surface area contributed by atoms with Gasteiger partial charge in [-0.2, -0.15) is 0 Å². The molecule has 1 aliphatic heterocycles. The Bertz CT molecular complexity index is 142. The van der Waals surface area contributed by atoms with E-state index in [1.807, 2.05) is 0 Å². The van der Waals surface area contributed by atoms with Gasteiger partial charge < -0.3 is 4.74 Å². The zero-order valence-electron chi connectivity index (χ0n) is 9.63. The minimum absolute atomic E-state index is 0.644. The van der Waals surface area contributed by atoms with Crippen molar-refractivity contribution in [1.82, 2.24) is 0 Å². The largest absolute Gasteiger partial charge is 0.381 e. The Hall–Kier alpha value is 0.440. The van der Waals surface area contributed by atoms with E-state index in [1.54, 1.807) is 0 Å². The summed E-state index contributed by atoms with van der Waals surface area (Å²) in [6.45, 7) is 8.91. The average Bonchev–Trinajstić information content (AvgIpc) is 2.15. The van der Waals surface area contributed by atoms with Crippen LogP contribution in [0.3, 0.4) is 0 Å². The van der Waals surface area contributed by atoms with Gasteiger partial charge in [-0.15, -0.1) is 0 Å². The molecule has 84 valence electrons. The molecule has 1 nitrogen and oxygen atoms in total. The molecule has 0 spiro atoms. The highest BCUT2D eigenvalue weighted by molar-refractivity contribution is 9.09. The van der Waals surface area contributed by atoms with Crippen LogP contribution in [0.1, 0.15) is 40.0 Å². The molecule has 0 aliphatic carbocycles. The maximum absolute atomic E-state index is 5.39. The van der Waals surface area contributed by atoms with Crippen LogP contribution in [0.4, 0.5) is 0 Å². The van der Waals surface area contributed by atoms with E-state index in [4.69, 9.17) is 4.74 Å². The molecule has 1 fully saturated rings. The first kappa shape index (κ1) is 12.5. The van der Waals surface area contributed by atoms with Crippen LogP contribution in [0.25, 0.3) is 0 Å². The van der Waals surface area contributed by atoms with Gasteiger partial charge in [0.05, 0.1) is 0 Å². The van der Waals surface area contributed by atoms with Crippen molar-refractivity contribution in [2.45, 2.75) is 44.9 Å². The minimum Gasteiger partial charge on any atom is -0.381 e. The van der Waals surface area contributed by atoms with E-state index in [0.717, 1.165) is 31.0 Å². The smallest absolute Gasteiger partial charge is 0.0468 e. The second-order valence-electron chi connectivity index (χ2n) is 4.88. The summed E-state index contributed by atoms with van der Waals surface area (Å²) in [5.41, 5.74) is 0. The van der Waals surface area contributed by atoms with Gasteiger partial charge >= 0.3 is 0 Å². The summed E-state index contributed by atoms with van der Waals surface area (Å²) in [7, 11) is 0. The molecule has 0 aromatic rings. The van der Waals surface area contributed by atoms with Gasteiger partial charge in [0, 0.05) is 18.0 Å². The van der Waals surface area contributed by atoms with Crippen molar-refractivity contribution in [2.75, 3.05) is 13.2 Å². The summed E-state index contributed by atoms with van der Waals surface area (Å²) in [6, 6.07) is 0. The van der Waals surface area contributed by atoms with Crippen LogP contribution in [0.2, 0.25) is 0 Å². The molecule has 0 aromatic carbocycles. The van der Waals surface area contributed by atoms with E-state index in [0.29, 0.717) is 4.83 Å². The molecule has 2 atom stereocenters. The molecule has 0 saturated carbocycles. The summed E-state index contributed by atoms with van der Waals surface area (Å²) in [6.07, 6.45) is 3.90. The molecule has 0 radical (unpaired) electrons. The van der Waals surface area contributed by atoms with E-state index in [1.165, 1.54) is 19.3 Å². The van der Waals surface area contributed by atoms with E-state index >= 15 is 0 Å². The molecule has 1 rings (SSSR count). The highest BCUT2D eigenvalue weighted by Crippen LogP contribution is 2.31. The molecule has 2 heteroatoms. The van der Waals surface area contributed by atoms with Crippen molar-refractivity contribution in [3.63, 3.8) is 0 Å². The third kappa shape index (κ3) is 3.90. The Balaban J connectivity index is 2.37. The Kier molecular flexibility index (Phi) is 5.47. The first-order valence-electron chi connectivity index (χ1n) is 5.83. The Labute approximate surface area is 96.7 Å². The molecule has 14 heavy (non-hydrogen) atoms. The van der Waals surface area contributed by atoms with E-state index in [9.17, 15) is 0 Å². The van der Waals surface area contributed by atoms with Gasteiger partial charge in [-0.3, -0.25) is 0 Å². The zero-order valence-corrected chi connectivity index (χ0v) is 11.2. The molecule has 0 N–H and O–H groups in total. The van der Waals surface area contributed by atoms with E-state index in [-0.39, 0.29) is 0 Å². The lowest BCUT2D eigenvalue weighted by Crippen LogP contribution is -2.25. The third-order valence-corrected chi connectivity index (χ3v) is 4.07. The molecule has 1 aliphatic rings. The number of hydrogen-bond donors (Lipinski definition) is 0. The predicted octanol–water partition coefficient (Wildman–Crippen LogP) is 3.86. The van der Waals surface area contributed by atoms with Crippen molar-refractivity contribution in [1.29, 1.82) is 0 Å². The SMILES string of the molecule is CC(C)C(CC1CCOCC1)C(C)Br. The van der Waals surface area contributed by atoms with Gasteiger partial charge in [0.15, 0.2) is 0 Å². The summed E-state index contributed by atoms with van der Waals surface area (Å²) >= 11 is 3.74. The fourth-order valence-electron chi connectivity index (χ4n) is 2.36. The fourth-order valence-corrected chi connectivity index (χ4v) is 3.18. The molecule has 1 heterocycles. The molecule has 0 amide bonds. The van der Waals surface area contributed by atoms with Gasteiger partial charge in [0.2, 0.25) is 0 Å². The van der Waals surface area contributed by atoms with Crippen LogP contribution in [0.15, 0.2) is 0 Å². The number of hydrogen-bond acceptors (Lipinski definition) is 1. The Morgan fingerprint density at radius 1 is 1.21 bits per heavy atom. The summed E-state index contributed by atoms with van der Waals surface area (Å²) in [4.78, 5) is 0.644. The van der Waals surface area contributed by atoms with Gasteiger partial charge in [-0.1, -0.05) is 36.7 Å². The van der Waals surface area contributed by atoms with Crippen LogP contribution in [-0.2, 0) is 4.74 Å². The van der Waals surface area contributed by atoms with Gasteiger partial charge in [-0.05, 0) is 37.0 Å². The number of halogens is 1. The van der Waals surface area contributed by atoms with E-state index in [2.05, 4.69) is 36.7 Å². The Morgan fingerprint density at radius 3 is 2.21 bits per heavy atom. The standard InChI is InChI=1S/C12H23BrO/c1-9(2)12(10(3)13)8-11-4-6-14-7-5-11/h9-12H,4-8H2,1-3H3. The Morgan fingerprint density at radius 2 is 1.79 bits per heavy atom. The monoisotopic (exact) mass is 262 g/mol. The summed E-state index contributed by atoms with van der Waals surface area (Å²) in [5, 5.41) is 0. The quantitative estimate of drug-likeness (QED) is 0.700. The van der Waals surface area contributed by atoms with Crippen LogP contribution >= 0.6 is 15.9 Å². The van der Waals surface area contributed by atoms with Crippen molar-refractivity contribution in [3.05, 3.63) is 0 Å². The number of alkyl halides is 1. The lowest BCUT2D eigenvalue weighted by atomic mass is 9.82. The second kappa shape index (κ2) is 6.12. The van der Waals surface area contributed by atoms with Gasteiger partial charge in [0.25, 0.3) is 0 Å². The number of ether oxygens (including phenoxy) is 1. The molecular weight excluding hydrogens is 240 g/mol. The third-order valence-electron chi connectivity index (χ3n) is 3.39. The van der Waals surface area contributed by atoms with Crippen molar-refractivity contribution in [2.24, 2.45) is 17.8 Å². The summed E-state index contributed by atoms with van der Waals surface area (Å²) < 4.78 is 5.39. The average molecular weight is 263 g/mol. The molecular formula is C12H23BrO. The van der Waals surface area contributed by atoms with Gasteiger partial charge in [-0.25, -0.2) is 0 Å². The lowest BCUT2D eigenvalue weighted by molar-refractivity contribution is 0.0559. The fraction of sp³-hybridized carbons (Fsp3) is 1.00. The second-order valence-corrected chi connectivity index (χ2v) is 6.32. The highest BCUT2D eigenvalue weighted by atomic mass is 79.9. The molecule has 1 saturated heterocycles. The van der Waals surface area contributed by atoms with Crippen LogP contribution in [0.5, 0.6) is 0 Å². The zero-order chi connectivity index (χ0) is 10.6. The topological polar surface area (TPSA) is 9.23 Å². The van der Waals surface area contributed by atoms with Crippen LogP contribution in [0, 0.1) is 17.8 Å². The molecule has 0 bridgehead atoms. The van der Waals surface area contributed by atoms with Crippen molar-refractivity contribution in [3.8, 4) is 0 Å². The number of rotatable bonds is 4. The van der Waals surface area contributed by atoms with Crippen LogP contribution in [-0.4, -0.2) is 18.0 Å². The highest BCUT2D eigenvalue weighted by Gasteiger charge is 2.24.